The molecule has 1 aliphatic carbocycles. The van der Waals surface area contributed by atoms with Crippen LogP contribution in [0.1, 0.15) is 0 Å². The van der Waals surface area contributed by atoms with Crippen molar-refractivity contribution < 1.29 is 4.42 Å². The Balaban J connectivity index is 1.30. The Morgan fingerprint density at radius 2 is 1.17 bits per heavy atom. The quantitative estimate of drug-likeness (QED) is 0.217. The van der Waals surface area contributed by atoms with Crippen molar-refractivity contribution in [3.8, 4) is 56.4 Å². The molecule has 6 aromatic carbocycles. The lowest BCUT2D eigenvalue weighted by molar-refractivity contribution is 0.669. The zero-order valence-electron chi connectivity index (χ0n) is 22.2. The van der Waals surface area contributed by atoms with Gasteiger partial charge in [-0.2, -0.15) is 0 Å². The number of nitrogens with zero attached hydrogens (tertiary/aromatic N) is 3. The van der Waals surface area contributed by atoms with Crippen LogP contribution < -0.4 is 0 Å². The first-order valence-electron chi connectivity index (χ1n) is 13.8. The first kappa shape index (κ1) is 23.4. The van der Waals surface area contributed by atoms with E-state index in [4.69, 9.17) is 31.0 Å². The molecule has 4 nitrogen and oxygen atoms in total. The molecule has 196 valence electrons. The van der Waals surface area contributed by atoms with Crippen molar-refractivity contribution in [3.05, 3.63) is 126 Å². The molecule has 0 fully saturated rings. The molecule has 0 saturated carbocycles. The molecular formula is C37H20ClN3O. The summed E-state index contributed by atoms with van der Waals surface area (Å²) < 4.78 is 6.18. The van der Waals surface area contributed by atoms with Gasteiger partial charge in [0.2, 0.25) is 0 Å². The van der Waals surface area contributed by atoms with E-state index in [9.17, 15) is 0 Å². The lowest BCUT2D eigenvalue weighted by atomic mass is 10.0. The molecule has 0 saturated heterocycles. The van der Waals surface area contributed by atoms with Gasteiger partial charge < -0.3 is 4.42 Å². The predicted octanol–water partition coefficient (Wildman–Crippen LogP) is 10.2. The highest BCUT2D eigenvalue weighted by atomic mass is 35.5. The maximum Gasteiger partial charge on any atom is 0.164 e. The Morgan fingerprint density at radius 1 is 0.476 bits per heavy atom. The largest absolute Gasteiger partial charge is 0.454 e. The molecule has 0 atom stereocenters. The molecule has 42 heavy (non-hydrogen) atoms. The van der Waals surface area contributed by atoms with E-state index in [0.29, 0.717) is 28.1 Å². The minimum atomic E-state index is 0.551. The second-order valence-corrected chi connectivity index (χ2v) is 10.9. The average Bonchev–Trinajstić information content (AvgIpc) is 3.60. The van der Waals surface area contributed by atoms with Crippen molar-refractivity contribution in [1.29, 1.82) is 0 Å². The molecule has 5 heteroatoms. The predicted molar refractivity (Wildman–Crippen MR) is 170 cm³/mol. The Kier molecular flexibility index (Phi) is 4.92. The average molecular weight is 558 g/mol. The fraction of sp³-hybridized carbons (Fsp3) is 0. The van der Waals surface area contributed by atoms with Crippen molar-refractivity contribution in [2.75, 3.05) is 0 Å². The van der Waals surface area contributed by atoms with Gasteiger partial charge in [-0.05, 0) is 57.3 Å². The summed E-state index contributed by atoms with van der Waals surface area (Å²) in [4.78, 5) is 15.1. The Hall–Kier alpha value is -5.32. The summed E-state index contributed by atoms with van der Waals surface area (Å²) in [5.74, 6) is 1.79. The number of aromatic nitrogens is 3. The van der Waals surface area contributed by atoms with E-state index in [1.165, 1.54) is 33.0 Å². The summed E-state index contributed by atoms with van der Waals surface area (Å²) >= 11 is 6.62. The van der Waals surface area contributed by atoms with Gasteiger partial charge in [0.1, 0.15) is 5.58 Å². The standard InChI is InChI=1S/C37H20ClN3O/c38-30-19-18-28(33-27-12-4-5-15-31(27)42-34(30)33)37-40-35(22-8-2-1-3-9-22)39-36(41-37)23-16-17-24-25-13-6-10-21-11-7-14-26(32(21)25)29(24)20-23/h1-20H. The van der Waals surface area contributed by atoms with Crippen LogP contribution in [0, 0.1) is 0 Å². The number of halogens is 1. The second-order valence-electron chi connectivity index (χ2n) is 10.5. The molecule has 0 unspecified atom stereocenters. The van der Waals surface area contributed by atoms with Crippen LogP contribution in [0.3, 0.4) is 0 Å². The number of benzene rings is 6. The Labute approximate surface area is 245 Å². The van der Waals surface area contributed by atoms with Crippen LogP contribution in [-0.2, 0) is 0 Å². The lowest BCUT2D eigenvalue weighted by Crippen LogP contribution is -2.00. The van der Waals surface area contributed by atoms with Crippen LogP contribution in [0.5, 0.6) is 0 Å². The normalized spacial score (nSPS) is 11.9. The van der Waals surface area contributed by atoms with Crippen LogP contribution in [0.4, 0.5) is 0 Å². The van der Waals surface area contributed by atoms with Crippen LogP contribution in [-0.4, -0.2) is 15.0 Å². The van der Waals surface area contributed by atoms with E-state index in [1.54, 1.807) is 0 Å². The van der Waals surface area contributed by atoms with Gasteiger partial charge in [-0.3, -0.25) is 0 Å². The first-order chi connectivity index (χ1) is 20.7. The van der Waals surface area contributed by atoms with Crippen molar-refractivity contribution in [2.24, 2.45) is 0 Å². The van der Waals surface area contributed by atoms with Crippen LogP contribution in [0.2, 0.25) is 5.02 Å². The van der Waals surface area contributed by atoms with E-state index in [0.717, 1.165) is 33.0 Å². The van der Waals surface area contributed by atoms with Gasteiger partial charge in [-0.25, -0.2) is 15.0 Å². The highest BCUT2D eigenvalue weighted by Crippen LogP contribution is 2.48. The van der Waals surface area contributed by atoms with E-state index < -0.39 is 0 Å². The SMILES string of the molecule is Clc1ccc(-c2nc(-c3ccccc3)nc(-c3ccc4c(c3)-c3cccc5cccc-4c35)n2)c2c1oc1ccccc12. The van der Waals surface area contributed by atoms with Crippen LogP contribution >= 0.6 is 11.6 Å². The van der Waals surface area contributed by atoms with Gasteiger partial charge in [0.05, 0.1) is 5.02 Å². The summed E-state index contributed by atoms with van der Waals surface area (Å²) in [6.45, 7) is 0. The minimum absolute atomic E-state index is 0.551. The van der Waals surface area contributed by atoms with Gasteiger partial charge in [0.25, 0.3) is 0 Å². The van der Waals surface area contributed by atoms with Crippen molar-refractivity contribution >= 4 is 44.3 Å². The smallest absolute Gasteiger partial charge is 0.164 e. The van der Waals surface area contributed by atoms with Crippen LogP contribution in [0.15, 0.2) is 126 Å². The number of furan rings is 1. The number of fused-ring (bicyclic) bond motifs is 6. The topological polar surface area (TPSA) is 51.8 Å². The van der Waals surface area contributed by atoms with Gasteiger partial charge >= 0.3 is 0 Å². The van der Waals surface area contributed by atoms with E-state index >= 15 is 0 Å². The van der Waals surface area contributed by atoms with Gasteiger partial charge in [0.15, 0.2) is 23.1 Å². The fourth-order valence-electron chi connectivity index (χ4n) is 6.26. The molecule has 2 heterocycles. The van der Waals surface area contributed by atoms with Gasteiger partial charge in [-0.15, -0.1) is 0 Å². The highest BCUT2D eigenvalue weighted by molar-refractivity contribution is 6.36. The highest BCUT2D eigenvalue weighted by Gasteiger charge is 2.23. The van der Waals surface area contributed by atoms with Crippen molar-refractivity contribution in [3.63, 3.8) is 0 Å². The second kappa shape index (κ2) is 8.84. The minimum Gasteiger partial charge on any atom is -0.454 e. The summed E-state index contributed by atoms with van der Waals surface area (Å²) in [6.07, 6.45) is 0. The van der Waals surface area contributed by atoms with Crippen LogP contribution in [0.25, 0.3) is 89.1 Å². The maximum absolute atomic E-state index is 6.62. The molecule has 0 radical (unpaired) electrons. The summed E-state index contributed by atoms with van der Waals surface area (Å²) in [6, 6.07) is 41.3. The molecule has 8 aromatic rings. The third kappa shape index (κ3) is 3.39. The number of para-hydroxylation sites is 1. The first-order valence-corrected chi connectivity index (χ1v) is 14.2. The third-order valence-electron chi connectivity index (χ3n) is 8.15. The van der Waals surface area contributed by atoms with E-state index in [-0.39, 0.29) is 0 Å². The maximum atomic E-state index is 6.62. The van der Waals surface area contributed by atoms with Gasteiger partial charge in [0, 0.05) is 27.5 Å². The monoisotopic (exact) mass is 557 g/mol. The molecule has 0 amide bonds. The van der Waals surface area contributed by atoms with Crippen molar-refractivity contribution in [1.82, 2.24) is 15.0 Å². The van der Waals surface area contributed by atoms with E-state index in [1.807, 2.05) is 66.7 Å². The summed E-state index contributed by atoms with van der Waals surface area (Å²) in [5.41, 5.74) is 9.02. The third-order valence-corrected chi connectivity index (χ3v) is 8.45. The van der Waals surface area contributed by atoms with Crippen molar-refractivity contribution in [2.45, 2.75) is 0 Å². The number of rotatable bonds is 3. The molecule has 1 aliphatic rings. The zero-order chi connectivity index (χ0) is 27.8. The molecular weight excluding hydrogens is 538 g/mol. The fourth-order valence-corrected chi connectivity index (χ4v) is 6.45. The van der Waals surface area contributed by atoms with Gasteiger partial charge in [-0.1, -0.05) is 109 Å². The molecule has 0 spiro atoms. The Morgan fingerprint density at radius 3 is 2.00 bits per heavy atom. The number of hydrogen-bond donors (Lipinski definition) is 0. The molecule has 2 aromatic heterocycles. The molecule has 0 N–H and O–H groups in total. The number of hydrogen-bond acceptors (Lipinski definition) is 4. The molecule has 9 rings (SSSR count). The summed E-state index contributed by atoms with van der Waals surface area (Å²) in [7, 11) is 0. The Bertz CT molecular complexity index is 2370. The summed E-state index contributed by atoms with van der Waals surface area (Å²) in [5, 5.41) is 4.95. The molecule has 0 bridgehead atoms. The lowest BCUT2D eigenvalue weighted by Gasteiger charge is -2.11. The molecule has 0 aliphatic heterocycles. The van der Waals surface area contributed by atoms with E-state index in [2.05, 4.69) is 54.6 Å². The zero-order valence-corrected chi connectivity index (χ0v) is 22.9.